The quantitative estimate of drug-likeness (QED) is 0.170. The molecule has 0 radical (unpaired) electrons. The molecule has 0 spiro atoms. The summed E-state index contributed by atoms with van der Waals surface area (Å²) >= 11 is 0. The molecule has 5 saturated carbocycles. The van der Waals surface area contributed by atoms with E-state index in [-0.39, 0.29) is 45.1 Å². The summed E-state index contributed by atoms with van der Waals surface area (Å²) in [6.45, 7) is 22.0. The van der Waals surface area contributed by atoms with Crippen molar-refractivity contribution in [2.75, 3.05) is 25.6 Å². The van der Waals surface area contributed by atoms with Crippen molar-refractivity contribution in [3.63, 3.8) is 0 Å². The van der Waals surface area contributed by atoms with Crippen molar-refractivity contribution in [3.8, 4) is 0 Å². The molecule has 0 aliphatic heterocycles. The van der Waals surface area contributed by atoms with Gasteiger partial charge in [-0.1, -0.05) is 41.2 Å². The highest BCUT2D eigenvalue weighted by atomic mass is 16.5. The molecule has 1 aromatic heterocycles. The summed E-state index contributed by atoms with van der Waals surface area (Å²) in [6.07, 6.45) is 16.1. The number of carbonyl (C=O) groups is 2. The Morgan fingerprint density at radius 1 is 0.851 bits per heavy atom. The number of rotatable bonds is 7. The zero-order valence-electron chi connectivity index (χ0n) is 31.0. The number of carbonyl (C=O) groups excluding carboxylic acids is 2. The van der Waals surface area contributed by atoms with Crippen molar-refractivity contribution < 1.29 is 23.6 Å². The van der Waals surface area contributed by atoms with Crippen molar-refractivity contribution in [3.05, 3.63) is 36.7 Å². The first-order chi connectivity index (χ1) is 22.0. The van der Waals surface area contributed by atoms with Crippen LogP contribution in [0.3, 0.4) is 0 Å². The van der Waals surface area contributed by atoms with Gasteiger partial charge in [0, 0.05) is 56.6 Å². The van der Waals surface area contributed by atoms with E-state index in [9.17, 15) is 9.59 Å². The minimum atomic E-state index is -0.154. The molecule has 0 bridgehead atoms. The van der Waals surface area contributed by atoms with Gasteiger partial charge in [-0.3, -0.25) is 9.59 Å². The lowest BCUT2D eigenvalue weighted by Crippen LogP contribution is -2.67. The standard InChI is InChI=1S/C41H63N2O4/c1-27(25-43-23-16-30(17-24-43)42(9)10)31-13-20-41(26-46-28(2)44)22-21-39(7)32(36(31)41)11-12-34-38(6)18-15-35(47-29(3)45)37(4,5)33(38)14-19-40(34,39)8/h16-17,23-24,31-36H,1,11-15,18-22,25-26H2,2-10H3/q+1/t31-,32?,33?,34?,35-,36?,38-,39+,40+,41+/m0/s1. The van der Waals surface area contributed by atoms with Gasteiger partial charge in [0.15, 0.2) is 18.9 Å². The van der Waals surface area contributed by atoms with E-state index < -0.39 is 0 Å². The van der Waals surface area contributed by atoms with Crippen LogP contribution in [0.4, 0.5) is 5.69 Å². The Morgan fingerprint density at radius 2 is 1.55 bits per heavy atom. The van der Waals surface area contributed by atoms with E-state index in [2.05, 4.69) is 82.7 Å². The van der Waals surface area contributed by atoms with Crippen LogP contribution in [0, 0.1) is 56.7 Å². The average molecular weight is 648 g/mol. The van der Waals surface area contributed by atoms with E-state index in [1.807, 2.05) is 0 Å². The molecule has 1 heterocycles. The van der Waals surface area contributed by atoms with E-state index >= 15 is 0 Å². The fraction of sp³-hybridized carbons (Fsp3) is 0.780. The zero-order valence-corrected chi connectivity index (χ0v) is 31.0. The van der Waals surface area contributed by atoms with Crippen LogP contribution in [0.5, 0.6) is 0 Å². The lowest BCUT2D eigenvalue weighted by atomic mass is 9.32. The molecular formula is C41H63N2O4+. The zero-order chi connectivity index (χ0) is 34.2. The monoisotopic (exact) mass is 647 g/mol. The van der Waals surface area contributed by atoms with Gasteiger partial charge in [-0.2, -0.15) is 0 Å². The Kier molecular flexibility index (Phi) is 8.73. The molecule has 10 atom stereocenters. The fourth-order valence-electron chi connectivity index (χ4n) is 13.3. The van der Waals surface area contributed by atoms with Gasteiger partial charge in [-0.25, -0.2) is 4.57 Å². The first-order valence-electron chi connectivity index (χ1n) is 18.6. The first-order valence-corrected chi connectivity index (χ1v) is 18.6. The molecule has 260 valence electrons. The lowest BCUT2D eigenvalue weighted by Gasteiger charge is -2.73. The van der Waals surface area contributed by atoms with E-state index in [1.54, 1.807) is 13.8 Å². The Bertz CT molecular complexity index is 1390. The third kappa shape index (κ3) is 5.37. The SMILES string of the molecule is C=C(C[n+]1ccc(N(C)C)cc1)[C@@H]1CC[C@]2(COC(C)=O)CC[C@]3(C)C(CCC4[C@@]5(C)CC[C@H](OC(C)=O)C(C)(C)C5CC[C@]43C)C12. The summed E-state index contributed by atoms with van der Waals surface area (Å²) < 4.78 is 14.2. The molecule has 5 aliphatic rings. The van der Waals surface area contributed by atoms with Crippen LogP contribution in [0.15, 0.2) is 36.7 Å². The van der Waals surface area contributed by atoms with Gasteiger partial charge in [-0.05, 0) is 116 Å². The van der Waals surface area contributed by atoms with E-state index in [0.717, 1.165) is 38.6 Å². The molecule has 0 amide bonds. The van der Waals surface area contributed by atoms with Crippen molar-refractivity contribution in [1.29, 1.82) is 0 Å². The van der Waals surface area contributed by atoms with Crippen molar-refractivity contribution in [2.45, 2.75) is 125 Å². The number of fused-ring (bicyclic) bond motifs is 7. The van der Waals surface area contributed by atoms with Crippen LogP contribution >= 0.6 is 0 Å². The molecule has 0 aromatic carbocycles. The second kappa shape index (κ2) is 11.9. The van der Waals surface area contributed by atoms with E-state index in [1.165, 1.54) is 43.4 Å². The smallest absolute Gasteiger partial charge is 0.302 e. The van der Waals surface area contributed by atoms with Gasteiger partial charge in [0.1, 0.15) is 6.10 Å². The van der Waals surface area contributed by atoms with Crippen LogP contribution in [0.25, 0.3) is 0 Å². The van der Waals surface area contributed by atoms with E-state index in [4.69, 9.17) is 16.1 Å². The van der Waals surface area contributed by atoms with Gasteiger partial charge in [-0.15, -0.1) is 0 Å². The average Bonchev–Trinajstić information content (AvgIpc) is 3.38. The minimum absolute atomic E-state index is 0.00754. The summed E-state index contributed by atoms with van der Waals surface area (Å²) in [5, 5.41) is 0. The highest BCUT2D eigenvalue weighted by Gasteiger charge is 2.71. The van der Waals surface area contributed by atoms with Crippen LogP contribution in [-0.4, -0.2) is 38.7 Å². The van der Waals surface area contributed by atoms with Crippen LogP contribution in [-0.2, 0) is 25.6 Å². The van der Waals surface area contributed by atoms with Crippen molar-refractivity contribution >= 4 is 17.6 Å². The predicted molar refractivity (Wildman–Crippen MR) is 186 cm³/mol. The van der Waals surface area contributed by atoms with Gasteiger partial charge in [0.25, 0.3) is 0 Å². The second-order valence-electron chi connectivity index (χ2n) is 18.2. The summed E-state index contributed by atoms with van der Waals surface area (Å²) in [5.74, 6) is 2.41. The van der Waals surface area contributed by atoms with Crippen LogP contribution in [0.2, 0.25) is 0 Å². The highest BCUT2D eigenvalue weighted by molar-refractivity contribution is 5.66. The second-order valence-corrected chi connectivity index (χ2v) is 18.2. The predicted octanol–water partition coefficient (Wildman–Crippen LogP) is 8.17. The molecule has 0 N–H and O–H groups in total. The summed E-state index contributed by atoms with van der Waals surface area (Å²) in [6, 6.07) is 4.37. The maximum atomic E-state index is 12.2. The third-order valence-electron chi connectivity index (χ3n) is 15.7. The maximum Gasteiger partial charge on any atom is 0.302 e. The number of ether oxygens (including phenoxy) is 2. The number of allylic oxidation sites excluding steroid dienone is 1. The third-order valence-corrected chi connectivity index (χ3v) is 15.7. The van der Waals surface area contributed by atoms with Gasteiger partial charge < -0.3 is 14.4 Å². The number of nitrogens with zero attached hydrogens (tertiary/aromatic N) is 2. The topological polar surface area (TPSA) is 59.7 Å². The molecule has 5 aliphatic carbocycles. The maximum absolute atomic E-state index is 12.2. The van der Waals surface area contributed by atoms with Crippen molar-refractivity contribution in [1.82, 2.24) is 0 Å². The molecular weight excluding hydrogens is 584 g/mol. The number of aromatic nitrogens is 1. The van der Waals surface area contributed by atoms with Crippen molar-refractivity contribution in [2.24, 2.45) is 56.7 Å². The van der Waals surface area contributed by atoms with Gasteiger partial charge >= 0.3 is 11.9 Å². The van der Waals surface area contributed by atoms with Gasteiger partial charge in [0.2, 0.25) is 0 Å². The number of pyridine rings is 1. The largest absolute Gasteiger partial charge is 0.465 e. The van der Waals surface area contributed by atoms with E-state index in [0.29, 0.717) is 36.2 Å². The molecule has 5 fully saturated rings. The first kappa shape index (κ1) is 34.5. The Balaban J connectivity index is 1.31. The fourth-order valence-corrected chi connectivity index (χ4v) is 13.3. The van der Waals surface area contributed by atoms with Crippen LogP contribution in [0.1, 0.15) is 113 Å². The summed E-state index contributed by atoms with van der Waals surface area (Å²) in [5.41, 5.74) is 3.24. The molecule has 4 unspecified atom stereocenters. The minimum Gasteiger partial charge on any atom is -0.465 e. The molecule has 6 nitrogen and oxygen atoms in total. The number of anilines is 1. The number of hydrogen-bond acceptors (Lipinski definition) is 5. The summed E-state index contributed by atoms with van der Waals surface area (Å²) in [4.78, 5) is 26.4. The normalized spacial score (nSPS) is 41.8. The highest BCUT2D eigenvalue weighted by Crippen LogP contribution is 2.77. The lowest BCUT2D eigenvalue weighted by molar-refractivity contribution is -0.689. The van der Waals surface area contributed by atoms with Gasteiger partial charge in [0.05, 0.1) is 6.61 Å². The van der Waals surface area contributed by atoms with Crippen LogP contribution < -0.4 is 9.47 Å². The molecule has 6 heteroatoms. The molecule has 47 heavy (non-hydrogen) atoms. The number of hydrogen-bond donors (Lipinski definition) is 0. The Labute approximate surface area is 285 Å². The molecule has 1 aromatic rings. The molecule has 6 rings (SSSR count). The molecule has 0 saturated heterocycles. The Hall–Kier alpha value is -2.37. The summed E-state index contributed by atoms with van der Waals surface area (Å²) in [7, 11) is 4.16. The Morgan fingerprint density at radius 3 is 2.19 bits per heavy atom. The number of esters is 2.